The molecule has 2 aromatic heterocycles. The Morgan fingerprint density at radius 2 is 1.76 bits per heavy atom. The quantitative estimate of drug-likeness (QED) is 0.135. The third kappa shape index (κ3) is 9.32. The number of pyridine rings is 1. The Balaban J connectivity index is 1.27. The van der Waals surface area contributed by atoms with Crippen LogP contribution in [0.15, 0.2) is 24.4 Å². The highest BCUT2D eigenvalue weighted by molar-refractivity contribution is 6.08. The number of alkyl halides is 1. The van der Waals surface area contributed by atoms with Crippen molar-refractivity contribution in [3.8, 4) is 11.4 Å². The van der Waals surface area contributed by atoms with Crippen LogP contribution >= 0.6 is 0 Å². The van der Waals surface area contributed by atoms with Crippen LogP contribution < -0.4 is 5.73 Å². The average Bonchev–Trinajstić information content (AvgIpc) is 3.52. The minimum Gasteiger partial charge on any atom is -0.463 e. The first-order chi connectivity index (χ1) is 29.6. The lowest BCUT2D eigenvalue weighted by molar-refractivity contribution is -0.301. The first kappa shape index (κ1) is 47.8. The molecule has 1 spiro atoms. The zero-order valence-electron chi connectivity index (χ0n) is 37.7. The summed E-state index contributed by atoms with van der Waals surface area (Å²) in [6.07, 6.45) is -3.83. The summed E-state index contributed by atoms with van der Waals surface area (Å²) < 4.78 is 54.3. The highest BCUT2D eigenvalue weighted by Gasteiger charge is 2.79. The summed E-state index contributed by atoms with van der Waals surface area (Å²) in [6.45, 7) is 10.6. The topological polar surface area (TPSA) is 237 Å². The minimum atomic E-state index is -3.23. The van der Waals surface area contributed by atoms with Gasteiger partial charge in [-0.2, -0.15) is 0 Å². The predicted molar refractivity (Wildman–Crippen MR) is 221 cm³/mol. The Kier molecular flexibility index (Phi) is 14.0. The van der Waals surface area contributed by atoms with Gasteiger partial charge in [0.15, 0.2) is 23.8 Å². The van der Waals surface area contributed by atoms with Crippen LogP contribution in [0.2, 0.25) is 0 Å². The molecule has 63 heavy (non-hydrogen) atoms. The Labute approximate surface area is 366 Å². The van der Waals surface area contributed by atoms with Crippen molar-refractivity contribution in [1.29, 1.82) is 0 Å². The monoisotopic (exact) mass is 887 g/mol. The van der Waals surface area contributed by atoms with Gasteiger partial charge in [-0.3, -0.25) is 19.1 Å². The number of aromatic nitrogens is 4. The lowest BCUT2D eigenvalue weighted by Crippen LogP contribution is -2.61. The SMILES string of the molecule is CO[C@@]1(C)C[C@@H](C)C(=O)[C@H](C)[C@H]2N(CCCCn3cc(-c4cccc(N)n4)nn3)C(=O)O[C@@]23C(C)[C@H]3OC(=O)[C@@](C)(F)C(=O)[C@H](C)[C@H]1OC1OC(COC(C)=O)CC(N(C)C)C1O. The molecule has 0 bridgehead atoms. The number of nitrogen functional groups attached to an aromatic ring is 1. The number of hydrogen-bond acceptors (Lipinski definition) is 17. The van der Waals surface area contributed by atoms with Gasteiger partial charge in [0, 0.05) is 56.8 Å². The molecule has 3 N–H and O–H groups in total. The number of anilines is 1. The smallest absolute Gasteiger partial charge is 0.410 e. The van der Waals surface area contributed by atoms with Crippen LogP contribution in [-0.2, 0) is 54.1 Å². The maximum atomic E-state index is 16.9. The standard InChI is InChI=1S/C43H62FN7O12/c1-22-19-41(6,58-10)36(61-38-33(54)30(49(8)9)18-27(60-38)21-59-26(5)52)24(3)35(55)42(7,44)39(56)62-37-25(4)43(37)34(23(2)32(22)53)51(40(57)63-43)17-12-11-16-50-20-29(47-48-50)28-14-13-15-31(45)46-28/h13-15,20,22-25,27,30,33-34,36-38,54H,11-12,16-19,21H2,1-10H3,(H2,45,46)/t22-,23+,24+,25?,27?,30?,33?,34-,36-,37-,38?,41+,42+,43+/m1/s1. The lowest BCUT2D eigenvalue weighted by Gasteiger charge is -2.47. The number of methoxy groups -OCH3 is 1. The van der Waals surface area contributed by atoms with Gasteiger partial charge in [-0.1, -0.05) is 39.0 Å². The van der Waals surface area contributed by atoms with E-state index in [2.05, 4.69) is 15.3 Å². The van der Waals surface area contributed by atoms with Gasteiger partial charge in [0.1, 0.15) is 30.0 Å². The van der Waals surface area contributed by atoms with Crippen molar-refractivity contribution in [2.24, 2.45) is 23.7 Å². The second kappa shape index (κ2) is 18.5. The highest BCUT2D eigenvalue weighted by Crippen LogP contribution is 2.59. The number of Topliss-reactive ketones (excluding diaryl/α,β-unsaturated/α-hetero) is 2. The number of aliphatic hydroxyl groups is 1. The number of nitrogens with zero attached hydrogens (tertiary/aromatic N) is 6. The van der Waals surface area contributed by atoms with Gasteiger partial charge in [0.05, 0.1) is 35.7 Å². The number of aryl methyl sites for hydroxylation is 1. The van der Waals surface area contributed by atoms with E-state index in [0.29, 0.717) is 36.6 Å². The van der Waals surface area contributed by atoms with Crippen LogP contribution in [0.1, 0.15) is 74.1 Å². The van der Waals surface area contributed by atoms with Crippen molar-refractivity contribution in [3.63, 3.8) is 0 Å². The molecule has 4 fully saturated rings. The first-order valence-corrected chi connectivity index (χ1v) is 21.5. The normalized spacial score (nSPS) is 37.5. The van der Waals surface area contributed by atoms with E-state index in [9.17, 15) is 29.1 Å². The molecule has 5 heterocycles. The Morgan fingerprint density at radius 3 is 2.41 bits per heavy atom. The first-order valence-electron chi connectivity index (χ1n) is 21.5. The van der Waals surface area contributed by atoms with Crippen molar-refractivity contribution >= 4 is 35.4 Å². The molecule has 14 atom stereocenters. The van der Waals surface area contributed by atoms with Gasteiger partial charge >= 0.3 is 18.0 Å². The molecule has 2 aromatic rings. The van der Waals surface area contributed by atoms with Crippen LogP contribution in [-0.4, -0.2) is 158 Å². The Bertz CT molecular complexity index is 2040. The number of likely N-dealkylation sites (N-methyl/N-ethyl adjacent to an activating group) is 1. The van der Waals surface area contributed by atoms with E-state index in [1.807, 2.05) is 0 Å². The molecule has 348 valence electrons. The van der Waals surface area contributed by atoms with Crippen LogP contribution in [0.5, 0.6) is 0 Å². The number of nitrogens with two attached hydrogens (primary N) is 1. The molecule has 4 aliphatic rings. The molecule has 0 radical (unpaired) electrons. The second-order valence-corrected chi connectivity index (χ2v) is 18.2. The van der Waals surface area contributed by atoms with Gasteiger partial charge < -0.3 is 49.1 Å². The van der Waals surface area contributed by atoms with E-state index in [1.165, 1.54) is 25.9 Å². The molecule has 20 heteroatoms. The van der Waals surface area contributed by atoms with E-state index >= 15 is 4.39 Å². The van der Waals surface area contributed by atoms with E-state index in [1.54, 1.807) is 75.8 Å². The lowest BCUT2D eigenvalue weighted by atomic mass is 9.75. The largest absolute Gasteiger partial charge is 0.463 e. The molecular weight excluding hydrogens is 826 g/mol. The molecule has 19 nitrogen and oxygen atoms in total. The number of aliphatic hydroxyl groups excluding tert-OH is 1. The second-order valence-electron chi connectivity index (χ2n) is 18.2. The maximum Gasteiger partial charge on any atom is 0.410 e. The number of rotatable bonds is 12. The Hall–Kier alpha value is -4.63. The van der Waals surface area contributed by atoms with Crippen LogP contribution in [0.25, 0.3) is 11.4 Å². The van der Waals surface area contributed by atoms with Crippen molar-refractivity contribution in [2.75, 3.05) is 40.1 Å². The van der Waals surface area contributed by atoms with Gasteiger partial charge in [-0.05, 0) is 65.8 Å². The van der Waals surface area contributed by atoms with Crippen LogP contribution in [0, 0.1) is 23.7 Å². The van der Waals surface area contributed by atoms with E-state index in [-0.39, 0.29) is 31.8 Å². The summed E-state index contributed by atoms with van der Waals surface area (Å²) in [7, 11) is 4.85. The number of ketones is 2. The fourth-order valence-electron chi connectivity index (χ4n) is 9.81. The van der Waals surface area contributed by atoms with E-state index in [4.69, 9.17) is 34.2 Å². The van der Waals surface area contributed by atoms with Gasteiger partial charge in [-0.25, -0.2) is 19.0 Å². The summed E-state index contributed by atoms with van der Waals surface area (Å²) in [6, 6.07) is 3.73. The summed E-state index contributed by atoms with van der Waals surface area (Å²) >= 11 is 0. The number of carbonyl (C=O) groups is 5. The molecule has 3 aliphatic heterocycles. The minimum absolute atomic E-state index is 0.0717. The predicted octanol–water partition coefficient (Wildman–Crippen LogP) is 2.76. The van der Waals surface area contributed by atoms with Gasteiger partial charge in [0.2, 0.25) is 0 Å². The molecule has 6 rings (SSSR count). The van der Waals surface area contributed by atoms with Crippen molar-refractivity contribution in [3.05, 3.63) is 24.4 Å². The van der Waals surface area contributed by atoms with Crippen molar-refractivity contribution in [2.45, 2.75) is 140 Å². The highest BCUT2D eigenvalue weighted by atomic mass is 19.1. The van der Waals surface area contributed by atoms with Crippen molar-refractivity contribution in [1.82, 2.24) is 29.8 Å². The number of carbonyl (C=O) groups excluding carboxylic acids is 5. The average molecular weight is 888 g/mol. The summed E-state index contributed by atoms with van der Waals surface area (Å²) in [5, 5.41) is 20.0. The molecule has 5 unspecified atom stereocenters. The third-order valence-electron chi connectivity index (χ3n) is 13.5. The zero-order valence-corrected chi connectivity index (χ0v) is 37.7. The van der Waals surface area contributed by atoms with E-state index in [0.717, 1.165) is 6.92 Å². The maximum absolute atomic E-state index is 16.9. The third-order valence-corrected chi connectivity index (χ3v) is 13.5. The molecule has 0 aromatic carbocycles. The molecule has 3 saturated heterocycles. The summed E-state index contributed by atoms with van der Waals surface area (Å²) in [4.78, 5) is 75.9. The number of halogens is 1. The van der Waals surface area contributed by atoms with Crippen LogP contribution in [0.3, 0.4) is 0 Å². The number of ether oxygens (including phenoxy) is 6. The summed E-state index contributed by atoms with van der Waals surface area (Å²) in [5.41, 5.74) is 0.680. The van der Waals surface area contributed by atoms with Gasteiger partial charge in [0.25, 0.3) is 5.67 Å². The molecular formula is C43H62FN7O12. The number of amides is 1. The Morgan fingerprint density at radius 1 is 1.06 bits per heavy atom. The molecule has 1 saturated carbocycles. The fraction of sp³-hybridized carbons (Fsp3) is 0.721. The van der Waals surface area contributed by atoms with Crippen molar-refractivity contribution < 1.29 is 61.9 Å². The number of hydrogen-bond donors (Lipinski definition) is 2. The number of esters is 2. The van der Waals surface area contributed by atoms with Crippen LogP contribution in [0.4, 0.5) is 15.0 Å². The fourth-order valence-corrected chi connectivity index (χ4v) is 9.81. The molecule has 1 amide bonds. The summed E-state index contributed by atoms with van der Waals surface area (Å²) in [5.74, 6) is -6.94. The van der Waals surface area contributed by atoms with Gasteiger partial charge in [-0.15, -0.1) is 5.10 Å². The molecule has 1 aliphatic carbocycles. The number of unbranched alkanes of at least 4 members (excludes halogenated alkanes) is 1. The zero-order chi connectivity index (χ0) is 46.3. The van der Waals surface area contributed by atoms with E-state index < -0.39 is 107 Å².